The number of aldehydes is 1. The Balaban J connectivity index is 3.19. The lowest BCUT2D eigenvalue weighted by Crippen LogP contribution is -1.98. The van der Waals surface area contributed by atoms with Crippen molar-refractivity contribution >= 4 is 22.2 Å². The summed E-state index contributed by atoms with van der Waals surface area (Å²) in [5, 5.41) is 0. The van der Waals surface area contributed by atoms with Gasteiger partial charge in [-0.3, -0.25) is 0 Å². The molecule has 0 bridgehead atoms. The van der Waals surface area contributed by atoms with Crippen molar-refractivity contribution in [1.29, 1.82) is 0 Å². The van der Waals surface area contributed by atoms with Gasteiger partial charge in [0.05, 0.1) is 7.11 Å². The third kappa shape index (κ3) is 2.59. The second kappa shape index (κ2) is 5.31. The highest BCUT2D eigenvalue weighted by Crippen LogP contribution is 2.32. The summed E-state index contributed by atoms with van der Waals surface area (Å²) in [4.78, 5) is 10.4. The molecule has 82 valence electrons. The molecule has 15 heavy (non-hydrogen) atoms. The maximum Gasteiger partial charge on any atom is 0.125 e. The van der Waals surface area contributed by atoms with Gasteiger partial charge in [-0.1, -0.05) is 15.9 Å². The third-order valence-corrected chi connectivity index (χ3v) is 3.21. The van der Waals surface area contributed by atoms with Gasteiger partial charge in [0.1, 0.15) is 12.0 Å². The van der Waals surface area contributed by atoms with E-state index in [1.165, 1.54) is 0 Å². The molecular weight excluding hydrogens is 256 g/mol. The first-order valence-corrected chi connectivity index (χ1v) is 5.67. The van der Waals surface area contributed by atoms with Gasteiger partial charge in [-0.2, -0.15) is 0 Å². The van der Waals surface area contributed by atoms with Gasteiger partial charge in [0.25, 0.3) is 0 Å². The Morgan fingerprint density at radius 1 is 1.47 bits per heavy atom. The molecule has 0 spiro atoms. The molecule has 2 nitrogen and oxygen atoms in total. The number of benzene rings is 1. The fourth-order valence-electron chi connectivity index (χ4n) is 1.78. The van der Waals surface area contributed by atoms with Crippen molar-refractivity contribution in [3.8, 4) is 5.75 Å². The Labute approximate surface area is 98.8 Å². The molecule has 0 aliphatic heterocycles. The minimum atomic E-state index is 0.547. The largest absolute Gasteiger partial charge is 0.496 e. The summed E-state index contributed by atoms with van der Waals surface area (Å²) in [6.45, 7) is 4.04. The lowest BCUT2D eigenvalue weighted by Gasteiger charge is -2.14. The van der Waals surface area contributed by atoms with E-state index in [2.05, 4.69) is 15.9 Å². The average Bonchev–Trinajstić information content (AvgIpc) is 2.17. The van der Waals surface area contributed by atoms with Crippen molar-refractivity contribution in [3.05, 3.63) is 27.2 Å². The molecule has 0 heterocycles. The Morgan fingerprint density at radius 2 is 2.13 bits per heavy atom. The lowest BCUT2D eigenvalue weighted by molar-refractivity contribution is -0.107. The van der Waals surface area contributed by atoms with E-state index in [0.717, 1.165) is 39.6 Å². The van der Waals surface area contributed by atoms with Crippen LogP contribution < -0.4 is 4.74 Å². The van der Waals surface area contributed by atoms with Crippen LogP contribution in [0.1, 0.15) is 23.1 Å². The molecule has 1 aromatic carbocycles. The van der Waals surface area contributed by atoms with Gasteiger partial charge in [-0.15, -0.1) is 0 Å². The van der Waals surface area contributed by atoms with Crippen molar-refractivity contribution < 1.29 is 9.53 Å². The molecule has 0 fully saturated rings. The van der Waals surface area contributed by atoms with Crippen LogP contribution in [0.15, 0.2) is 10.5 Å². The highest BCUT2D eigenvalue weighted by atomic mass is 79.9. The predicted molar refractivity (Wildman–Crippen MR) is 64.6 cm³/mol. The first-order valence-electron chi connectivity index (χ1n) is 4.88. The van der Waals surface area contributed by atoms with E-state index in [1.807, 2.05) is 19.9 Å². The van der Waals surface area contributed by atoms with Gasteiger partial charge in [0, 0.05) is 10.9 Å². The quantitative estimate of drug-likeness (QED) is 0.786. The van der Waals surface area contributed by atoms with Crippen molar-refractivity contribution in [3.63, 3.8) is 0 Å². The van der Waals surface area contributed by atoms with Crippen LogP contribution in [-0.4, -0.2) is 13.4 Å². The molecule has 0 radical (unpaired) electrons. The molecule has 0 aliphatic rings. The maximum absolute atomic E-state index is 10.4. The Kier molecular flexibility index (Phi) is 4.33. The molecule has 0 saturated carbocycles. The summed E-state index contributed by atoms with van der Waals surface area (Å²) in [7, 11) is 1.67. The number of carbonyl (C=O) groups is 1. The molecule has 1 rings (SSSR count). The van der Waals surface area contributed by atoms with Crippen LogP contribution in [0.3, 0.4) is 0 Å². The monoisotopic (exact) mass is 270 g/mol. The predicted octanol–water partition coefficient (Wildman–Crippen LogP) is 3.21. The zero-order valence-corrected chi connectivity index (χ0v) is 10.8. The van der Waals surface area contributed by atoms with E-state index >= 15 is 0 Å². The van der Waals surface area contributed by atoms with E-state index in [1.54, 1.807) is 7.11 Å². The van der Waals surface area contributed by atoms with Gasteiger partial charge >= 0.3 is 0 Å². The summed E-state index contributed by atoms with van der Waals surface area (Å²) in [5.74, 6) is 0.916. The summed E-state index contributed by atoms with van der Waals surface area (Å²) in [6.07, 6.45) is 2.25. The zero-order chi connectivity index (χ0) is 11.4. The second-order valence-electron chi connectivity index (χ2n) is 3.52. The standard InChI is InChI=1S/C12H15BrO2/c1-8-7-11(13)10(5-4-6-14)9(2)12(8)15-3/h6-7H,4-5H2,1-3H3. The number of hydrogen-bond donors (Lipinski definition) is 0. The molecule has 0 unspecified atom stereocenters. The molecule has 0 amide bonds. The van der Waals surface area contributed by atoms with Gasteiger partial charge in [0.2, 0.25) is 0 Å². The number of methoxy groups -OCH3 is 1. The van der Waals surface area contributed by atoms with E-state index in [9.17, 15) is 4.79 Å². The first kappa shape index (κ1) is 12.2. The number of hydrogen-bond acceptors (Lipinski definition) is 2. The molecule has 3 heteroatoms. The van der Waals surface area contributed by atoms with E-state index < -0.39 is 0 Å². The normalized spacial score (nSPS) is 10.1. The second-order valence-corrected chi connectivity index (χ2v) is 4.37. The summed E-state index contributed by atoms with van der Waals surface area (Å²) < 4.78 is 6.40. The number of carbonyl (C=O) groups excluding carboxylic acids is 1. The van der Waals surface area contributed by atoms with Gasteiger partial charge in [-0.05, 0) is 43.0 Å². The molecule has 0 atom stereocenters. The van der Waals surface area contributed by atoms with Gasteiger partial charge < -0.3 is 9.53 Å². The number of halogens is 1. The number of ether oxygens (including phenoxy) is 1. The SMILES string of the molecule is COc1c(C)cc(Br)c(CCC=O)c1C. The van der Waals surface area contributed by atoms with E-state index in [-0.39, 0.29) is 0 Å². The minimum Gasteiger partial charge on any atom is -0.496 e. The minimum absolute atomic E-state index is 0.547. The average molecular weight is 271 g/mol. The van der Waals surface area contributed by atoms with Crippen LogP contribution in [0.5, 0.6) is 5.75 Å². The van der Waals surface area contributed by atoms with Crippen molar-refractivity contribution in [2.75, 3.05) is 7.11 Å². The molecule has 0 aromatic heterocycles. The Bertz CT molecular complexity index is 372. The van der Waals surface area contributed by atoms with Gasteiger partial charge in [0.15, 0.2) is 0 Å². The number of aryl methyl sites for hydroxylation is 1. The topological polar surface area (TPSA) is 26.3 Å². The van der Waals surface area contributed by atoms with Crippen LogP contribution in [-0.2, 0) is 11.2 Å². The highest BCUT2D eigenvalue weighted by molar-refractivity contribution is 9.10. The molecular formula is C12H15BrO2. The van der Waals surface area contributed by atoms with Crippen molar-refractivity contribution in [2.24, 2.45) is 0 Å². The summed E-state index contributed by atoms with van der Waals surface area (Å²) >= 11 is 3.52. The fraction of sp³-hybridized carbons (Fsp3) is 0.417. The van der Waals surface area contributed by atoms with Crippen LogP contribution in [0.2, 0.25) is 0 Å². The van der Waals surface area contributed by atoms with Gasteiger partial charge in [-0.25, -0.2) is 0 Å². The summed E-state index contributed by atoms with van der Waals surface area (Å²) in [6, 6.07) is 2.03. The first-order chi connectivity index (χ1) is 7.11. The number of rotatable bonds is 4. The van der Waals surface area contributed by atoms with Crippen molar-refractivity contribution in [2.45, 2.75) is 26.7 Å². The smallest absolute Gasteiger partial charge is 0.125 e. The third-order valence-electron chi connectivity index (χ3n) is 2.50. The fourth-order valence-corrected chi connectivity index (χ4v) is 2.62. The van der Waals surface area contributed by atoms with E-state index in [0.29, 0.717) is 6.42 Å². The zero-order valence-electron chi connectivity index (χ0n) is 9.26. The molecule has 1 aromatic rings. The highest BCUT2D eigenvalue weighted by Gasteiger charge is 2.11. The van der Waals surface area contributed by atoms with E-state index in [4.69, 9.17) is 4.74 Å². The van der Waals surface area contributed by atoms with Crippen LogP contribution in [0, 0.1) is 13.8 Å². The lowest BCUT2D eigenvalue weighted by atomic mass is 10.0. The summed E-state index contributed by atoms with van der Waals surface area (Å²) in [5.41, 5.74) is 3.38. The van der Waals surface area contributed by atoms with Crippen LogP contribution in [0.4, 0.5) is 0 Å². The van der Waals surface area contributed by atoms with Crippen LogP contribution >= 0.6 is 15.9 Å². The van der Waals surface area contributed by atoms with Crippen molar-refractivity contribution in [1.82, 2.24) is 0 Å². The molecule has 0 saturated heterocycles. The maximum atomic E-state index is 10.4. The van der Waals surface area contributed by atoms with Crippen LogP contribution in [0.25, 0.3) is 0 Å². The molecule has 0 N–H and O–H groups in total. The Morgan fingerprint density at radius 3 is 2.67 bits per heavy atom. The Hall–Kier alpha value is -0.830. The molecule has 0 aliphatic carbocycles.